The highest BCUT2D eigenvalue weighted by atomic mass is 32.1. The van der Waals surface area contributed by atoms with Crippen LogP contribution in [0.25, 0.3) is 6.08 Å². The fourth-order valence-corrected chi connectivity index (χ4v) is 2.60. The Morgan fingerprint density at radius 2 is 2.00 bits per heavy atom. The molecular formula is C17H17F2N3O5S. The topological polar surface area (TPSA) is 99.6 Å². The van der Waals surface area contributed by atoms with E-state index in [0.29, 0.717) is 5.56 Å². The van der Waals surface area contributed by atoms with Crippen molar-refractivity contribution < 1.29 is 32.6 Å². The van der Waals surface area contributed by atoms with Crippen LogP contribution in [0.1, 0.15) is 29.2 Å². The Morgan fingerprint density at radius 1 is 1.21 bits per heavy atom. The first-order valence-electron chi connectivity index (χ1n) is 8.14. The Hall–Kier alpha value is -3.08. The number of alkyl halides is 2. The Morgan fingerprint density at radius 3 is 2.68 bits per heavy atom. The number of anilines is 1. The normalized spacial score (nSPS) is 10.9. The lowest BCUT2D eigenvalue weighted by Gasteiger charge is -2.11. The number of hydrogen-bond donors (Lipinski definition) is 1. The van der Waals surface area contributed by atoms with E-state index in [4.69, 9.17) is 9.47 Å². The lowest BCUT2D eigenvalue weighted by atomic mass is 10.2. The molecule has 1 aromatic carbocycles. The summed E-state index contributed by atoms with van der Waals surface area (Å²) in [6.45, 7) is 0.850. The van der Waals surface area contributed by atoms with Crippen LogP contribution in [-0.2, 0) is 9.53 Å². The molecule has 0 bridgehead atoms. The van der Waals surface area contributed by atoms with Gasteiger partial charge in [-0.25, -0.2) is 4.79 Å². The average Bonchev–Trinajstić information content (AvgIpc) is 3.10. The van der Waals surface area contributed by atoms with Crippen molar-refractivity contribution in [2.24, 2.45) is 0 Å². The molecule has 2 rings (SSSR count). The van der Waals surface area contributed by atoms with Gasteiger partial charge in [0.2, 0.25) is 16.0 Å². The smallest absolute Gasteiger partial charge is 0.387 e. The second-order valence-electron chi connectivity index (χ2n) is 4.97. The molecule has 0 aliphatic heterocycles. The summed E-state index contributed by atoms with van der Waals surface area (Å²) in [6.07, 6.45) is 2.67. The number of hydrogen-bond acceptors (Lipinski definition) is 8. The summed E-state index contributed by atoms with van der Waals surface area (Å²) < 4.78 is 39.3. The van der Waals surface area contributed by atoms with E-state index in [-0.39, 0.29) is 34.9 Å². The average molecular weight is 413 g/mol. The quantitative estimate of drug-likeness (QED) is 0.497. The summed E-state index contributed by atoms with van der Waals surface area (Å²) in [5, 5.41) is 9.94. The van der Waals surface area contributed by atoms with Gasteiger partial charge in [-0.2, -0.15) is 8.78 Å². The van der Waals surface area contributed by atoms with Gasteiger partial charge in [0.15, 0.2) is 11.5 Å². The van der Waals surface area contributed by atoms with Crippen LogP contribution in [0.15, 0.2) is 24.3 Å². The van der Waals surface area contributed by atoms with E-state index in [9.17, 15) is 18.4 Å². The third-order valence-electron chi connectivity index (χ3n) is 3.02. The van der Waals surface area contributed by atoms with Gasteiger partial charge in [0.05, 0.1) is 13.2 Å². The second kappa shape index (κ2) is 10.3. The molecule has 150 valence electrons. The molecule has 0 saturated heterocycles. The predicted octanol–water partition coefficient (Wildman–Crippen LogP) is 3.37. The highest BCUT2D eigenvalue weighted by Crippen LogP contribution is 2.30. The van der Waals surface area contributed by atoms with Crippen LogP contribution in [0.5, 0.6) is 11.5 Å². The number of ether oxygens (including phenoxy) is 3. The molecule has 0 radical (unpaired) electrons. The molecule has 0 fully saturated rings. The minimum atomic E-state index is -2.97. The molecule has 0 aliphatic rings. The van der Waals surface area contributed by atoms with Crippen molar-refractivity contribution in [3.63, 3.8) is 0 Å². The van der Waals surface area contributed by atoms with E-state index in [1.54, 1.807) is 13.8 Å². The standard InChI is InChI=1S/C17H17F2N3O5S/c1-3-25-12-9-10(5-7-11(12)27-16(18)19)6-8-13(23)20-17-22-21-14(28-17)15(24)26-4-2/h5-9,16H,3-4H2,1-2H3,(H,20,22,23). The molecule has 28 heavy (non-hydrogen) atoms. The maximum Gasteiger partial charge on any atom is 0.387 e. The highest BCUT2D eigenvalue weighted by Gasteiger charge is 2.15. The molecular weight excluding hydrogens is 396 g/mol. The van der Waals surface area contributed by atoms with Gasteiger partial charge in [-0.1, -0.05) is 17.4 Å². The molecule has 1 aromatic heterocycles. The highest BCUT2D eigenvalue weighted by molar-refractivity contribution is 7.17. The van der Waals surface area contributed by atoms with Gasteiger partial charge in [-0.05, 0) is 37.6 Å². The Kier molecular flexibility index (Phi) is 7.81. The number of carbonyl (C=O) groups excluding carboxylic acids is 2. The van der Waals surface area contributed by atoms with E-state index in [2.05, 4.69) is 20.3 Å². The van der Waals surface area contributed by atoms with Crippen molar-refractivity contribution in [1.82, 2.24) is 10.2 Å². The molecule has 0 spiro atoms. The van der Waals surface area contributed by atoms with Gasteiger partial charge in [-0.15, -0.1) is 10.2 Å². The number of benzene rings is 1. The molecule has 0 aliphatic carbocycles. The number of nitrogens with zero attached hydrogens (tertiary/aromatic N) is 2. The van der Waals surface area contributed by atoms with Gasteiger partial charge in [0, 0.05) is 6.08 Å². The van der Waals surface area contributed by atoms with Crippen LogP contribution >= 0.6 is 11.3 Å². The summed E-state index contributed by atoms with van der Waals surface area (Å²) in [4.78, 5) is 23.5. The van der Waals surface area contributed by atoms with E-state index < -0.39 is 18.5 Å². The van der Waals surface area contributed by atoms with Crippen molar-refractivity contribution in [2.45, 2.75) is 20.5 Å². The summed E-state index contributed by atoms with van der Waals surface area (Å²) in [5.74, 6) is -1.10. The molecule has 0 unspecified atom stereocenters. The van der Waals surface area contributed by atoms with Gasteiger partial charge in [0.25, 0.3) is 0 Å². The lowest BCUT2D eigenvalue weighted by molar-refractivity contribution is -0.111. The second-order valence-corrected chi connectivity index (χ2v) is 5.95. The molecule has 11 heteroatoms. The van der Waals surface area contributed by atoms with E-state index >= 15 is 0 Å². The van der Waals surface area contributed by atoms with Gasteiger partial charge < -0.3 is 14.2 Å². The minimum Gasteiger partial charge on any atom is -0.490 e. The third kappa shape index (κ3) is 6.27. The van der Waals surface area contributed by atoms with E-state index in [1.165, 1.54) is 30.4 Å². The van der Waals surface area contributed by atoms with Gasteiger partial charge in [0.1, 0.15) is 0 Å². The molecule has 1 heterocycles. The first-order chi connectivity index (χ1) is 13.4. The number of nitrogens with one attached hydrogen (secondary N) is 1. The predicted molar refractivity (Wildman–Crippen MR) is 97.8 cm³/mol. The molecule has 0 saturated carbocycles. The van der Waals surface area contributed by atoms with Crippen LogP contribution < -0.4 is 14.8 Å². The molecule has 0 atom stereocenters. The van der Waals surface area contributed by atoms with Crippen molar-refractivity contribution in [3.8, 4) is 11.5 Å². The fraction of sp³-hybridized carbons (Fsp3) is 0.294. The van der Waals surface area contributed by atoms with Crippen LogP contribution in [-0.4, -0.2) is 41.9 Å². The summed E-state index contributed by atoms with van der Waals surface area (Å²) in [6, 6.07) is 4.29. The number of rotatable bonds is 9. The summed E-state index contributed by atoms with van der Waals surface area (Å²) in [5.41, 5.74) is 0.532. The van der Waals surface area contributed by atoms with E-state index in [1.807, 2.05) is 0 Å². The Labute approximate surface area is 163 Å². The summed E-state index contributed by atoms with van der Waals surface area (Å²) in [7, 11) is 0. The Balaban J connectivity index is 2.03. The monoisotopic (exact) mass is 413 g/mol. The number of amides is 1. The van der Waals surface area contributed by atoms with Crippen molar-refractivity contribution in [1.29, 1.82) is 0 Å². The van der Waals surface area contributed by atoms with Crippen LogP contribution in [0.2, 0.25) is 0 Å². The maximum absolute atomic E-state index is 12.4. The lowest BCUT2D eigenvalue weighted by Crippen LogP contribution is -2.07. The molecule has 1 amide bonds. The number of carbonyl (C=O) groups is 2. The van der Waals surface area contributed by atoms with Crippen molar-refractivity contribution in [3.05, 3.63) is 34.8 Å². The largest absolute Gasteiger partial charge is 0.490 e. The molecule has 2 aromatic rings. The SMILES string of the molecule is CCOC(=O)c1nnc(NC(=O)C=Cc2ccc(OC(F)F)c(OCC)c2)s1. The van der Waals surface area contributed by atoms with Crippen LogP contribution in [0.4, 0.5) is 13.9 Å². The number of esters is 1. The first kappa shape index (κ1) is 21.2. The van der Waals surface area contributed by atoms with Crippen LogP contribution in [0.3, 0.4) is 0 Å². The van der Waals surface area contributed by atoms with Crippen LogP contribution in [0, 0.1) is 0 Å². The zero-order chi connectivity index (χ0) is 20.5. The minimum absolute atomic E-state index is 0.0251. The van der Waals surface area contributed by atoms with E-state index in [0.717, 1.165) is 11.3 Å². The first-order valence-corrected chi connectivity index (χ1v) is 8.95. The van der Waals surface area contributed by atoms with Gasteiger partial charge >= 0.3 is 12.6 Å². The zero-order valence-corrected chi connectivity index (χ0v) is 15.8. The Bertz CT molecular complexity index is 857. The van der Waals surface area contributed by atoms with Crippen molar-refractivity contribution >= 4 is 34.4 Å². The van der Waals surface area contributed by atoms with Gasteiger partial charge in [-0.3, -0.25) is 10.1 Å². The maximum atomic E-state index is 12.4. The number of aromatic nitrogens is 2. The zero-order valence-electron chi connectivity index (χ0n) is 15.0. The number of halogens is 2. The molecule has 8 nitrogen and oxygen atoms in total. The van der Waals surface area contributed by atoms with Crippen molar-refractivity contribution in [2.75, 3.05) is 18.5 Å². The third-order valence-corrected chi connectivity index (χ3v) is 3.83. The fourth-order valence-electron chi connectivity index (χ4n) is 1.96. The molecule has 1 N–H and O–H groups in total. The summed E-state index contributed by atoms with van der Waals surface area (Å²) >= 11 is 0.877.